The van der Waals surface area contributed by atoms with Gasteiger partial charge in [0.25, 0.3) is 0 Å². The second kappa shape index (κ2) is 21.5. The van der Waals surface area contributed by atoms with Crippen LogP contribution < -0.4 is 15.3 Å². The molecule has 0 spiro atoms. The fraction of sp³-hybridized carbons (Fsp3) is 0.625. The molecule has 0 aliphatic heterocycles. The Labute approximate surface area is 155 Å². The number of esters is 2. The van der Waals surface area contributed by atoms with Crippen LogP contribution in [0.2, 0.25) is 0 Å². The summed E-state index contributed by atoms with van der Waals surface area (Å²) < 4.78 is 8.87. The maximum atomic E-state index is 10.4. The Hall–Kier alpha value is -1.49. The number of ether oxygens (including phenoxy) is 2. The van der Waals surface area contributed by atoms with E-state index in [2.05, 4.69) is 9.47 Å². The molecule has 0 aromatic carbocycles. The van der Waals surface area contributed by atoms with Crippen LogP contribution in [-0.4, -0.2) is 48.6 Å². The van der Waals surface area contributed by atoms with Gasteiger partial charge >= 0.3 is 29.3 Å². The first-order chi connectivity index (χ1) is 10.6. The molecule has 1 atom stereocenters. The van der Waals surface area contributed by atoms with Gasteiger partial charge in [-0.05, 0) is 13.8 Å². The summed E-state index contributed by atoms with van der Waals surface area (Å²) in [6, 6.07) is 0. The molecule has 0 radical (unpaired) electrons. The summed E-state index contributed by atoms with van der Waals surface area (Å²) in [5.74, 6) is -1.70. The summed E-state index contributed by atoms with van der Waals surface area (Å²) >= 11 is 0. The fourth-order valence-corrected chi connectivity index (χ4v) is 0.700. The number of allylic oxidation sites excluding steroid dienone is 2. The second-order valence-electron chi connectivity index (χ2n) is 4.23. The van der Waals surface area contributed by atoms with E-state index in [1.54, 1.807) is 20.8 Å². The summed E-state index contributed by atoms with van der Waals surface area (Å²) in [6.45, 7) is 10.1. The monoisotopic (exact) mass is 358 g/mol. The average Bonchev–Trinajstić information content (AvgIpc) is 2.38. The summed E-state index contributed by atoms with van der Waals surface area (Å²) in [5, 5.41) is 30.2. The Morgan fingerprint density at radius 3 is 1.29 bits per heavy atom. The van der Waals surface area contributed by atoms with Crippen molar-refractivity contribution >= 4 is 29.3 Å². The normalized spacial score (nSPS) is 11.5. The molecule has 0 N–H and O–H groups in total. The van der Waals surface area contributed by atoms with Crippen LogP contribution in [0.5, 0.6) is 0 Å². The predicted molar refractivity (Wildman–Crippen MR) is 86.3 cm³/mol. The van der Waals surface area contributed by atoms with Gasteiger partial charge in [-0.3, -0.25) is 0 Å². The first-order valence-electron chi connectivity index (χ1n) is 7.30. The minimum absolute atomic E-state index is 0. The quantitative estimate of drug-likeness (QED) is 0.278. The van der Waals surface area contributed by atoms with Gasteiger partial charge in [0.05, 0.1) is 13.2 Å². The molecule has 0 aliphatic carbocycles. The Bertz CT molecular complexity index is 337. The summed E-state index contributed by atoms with van der Waals surface area (Å²) in [7, 11) is 0. The molecule has 0 bridgehead atoms. The Kier molecular flexibility index (Phi) is 27.2. The first kappa shape index (κ1) is 30.4. The zero-order valence-corrected chi connectivity index (χ0v) is 16.4. The smallest absolute Gasteiger partial charge is 0.875 e. The molecule has 7 nitrogen and oxygen atoms in total. The number of carbonyl (C=O) groups excluding carboxylic acids is 2. The molecule has 0 heterocycles. The molecular formula is C16H27AlO7. The summed E-state index contributed by atoms with van der Waals surface area (Å²) in [6.07, 6.45) is 2.22. The second-order valence-corrected chi connectivity index (χ2v) is 4.23. The van der Waals surface area contributed by atoms with Crippen LogP contribution in [0.3, 0.4) is 0 Å². The van der Waals surface area contributed by atoms with Gasteiger partial charge in [-0.2, -0.15) is 0 Å². The van der Waals surface area contributed by atoms with Crippen molar-refractivity contribution in [1.82, 2.24) is 0 Å². The van der Waals surface area contributed by atoms with E-state index in [1.807, 2.05) is 6.92 Å². The minimum Gasteiger partial charge on any atom is -0.875 e. The van der Waals surface area contributed by atoms with E-state index in [9.17, 15) is 24.9 Å². The van der Waals surface area contributed by atoms with Crippen molar-refractivity contribution in [3.63, 3.8) is 0 Å². The average molecular weight is 358 g/mol. The molecule has 0 saturated heterocycles. The van der Waals surface area contributed by atoms with Gasteiger partial charge in [0, 0.05) is 12.2 Å². The molecular weight excluding hydrogens is 331 g/mol. The van der Waals surface area contributed by atoms with Gasteiger partial charge in [0.1, 0.15) is 0 Å². The van der Waals surface area contributed by atoms with E-state index in [1.165, 1.54) is 13.8 Å². The van der Waals surface area contributed by atoms with E-state index < -0.39 is 11.9 Å². The van der Waals surface area contributed by atoms with E-state index in [4.69, 9.17) is 0 Å². The Morgan fingerprint density at radius 1 is 0.917 bits per heavy atom. The number of hydrogen-bond acceptors (Lipinski definition) is 7. The zero-order chi connectivity index (χ0) is 18.8. The van der Waals surface area contributed by atoms with Gasteiger partial charge < -0.3 is 24.8 Å². The molecule has 0 aliphatic rings. The van der Waals surface area contributed by atoms with Crippen LogP contribution in [0.25, 0.3) is 0 Å². The molecule has 0 saturated carbocycles. The van der Waals surface area contributed by atoms with Crippen LogP contribution in [0.1, 0.15) is 48.0 Å². The molecule has 0 fully saturated rings. The summed E-state index contributed by atoms with van der Waals surface area (Å²) in [5.41, 5.74) is 0. The predicted octanol–water partition coefficient (Wildman–Crippen LogP) is -0.608. The van der Waals surface area contributed by atoms with E-state index in [0.29, 0.717) is 13.2 Å². The van der Waals surface area contributed by atoms with Crippen molar-refractivity contribution in [3.05, 3.63) is 23.7 Å². The van der Waals surface area contributed by atoms with Gasteiger partial charge in [-0.1, -0.05) is 34.1 Å². The number of rotatable bonds is 5. The zero-order valence-electron chi connectivity index (χ0n) is 15.3. The van der Waals surface area contributed by atoms with Crippen LogP contribution in [0.4, 0.5) is 0 Å². The molecule has 0 amide bonds. The van der Waals surface area contributed by atoms with Crippen molar-refractivity contribution in [2.75, 3.05) is 13.2 Å². The minimum atomic E-state index is -0.565. The largest absolute Gasteiger partial charge is 3.00 e. The third-order valence-electron chi connectivity index (χ3n) is 1.79. The van der Waals surface area contributed by atoms with Gasteiger partial charge in [0.15, 0.2) is 0 Å². The molecule has 1 unspecified atom stereocenters. The van der Waals surface area contributed by atoms with E-state index >= 15 is 0 Å². The van der Waals surface area contributed by atoms with Crippen molar-refractivity contribution in [2.45, 2.75) is 54.1 Å². The molecule has 0 aromatic rings. The maximum absolute atomic E-state index is 10.4. The summed E-state index contributed by atoms with van der Waals surface area (Å²) in [4.78, 5) is 20.7. The first-order valence-corrected chi connectivity index (χ1v) is 7.30. The van der Waals surface area contributed by atoms with Crippen LogP contribution >= 0.6 is 0 Å². The van der Waals surface area contributed by atoms with Crippen molar-refractivity contribution in [2.24, 2.45) is 0 Å². The molecule has 8 heteroatoms. The molecule has 0 aromatic heterocycles. The van der Waals surface area contributed by atoms with Crippen LogP contribution in [-0.2, 0) is 19.1 Å². The van der Waals surface area contributed by atoms with E-state index in [0.717, 1.165) is 18.6 Å². The maximum Gasteiger partial charge on any atom is 3.00 e. The van der Waals surface area contributed by atoms with Crippen molar-refractivity contribution < 1.29 is 34.4 Å². The van der Waals surface area contributed by atoms with Crippen LogP contribution in [0, 0.1) is 0 Å². The number of carbonyl (C=O) groups is 2. The fourth-order valence-electron chi connectivity index (χ4n) is 0.700. The van der Waals surface area contributed by atoms with Crippen LogP contribution in [0.15, 0.2) is 23.7 Å². The Balaban J connectivity index is -0.000000128. The SMILES string of the molecule is CCC(C)[O-].CCOC(=O)C=C(C)[O-].CCOC(=O)C=C(C)[O-].[Al+3]. The third kappa shape index (κ3) is 37.1. The Morgan fingerprint density at radius 2 is 1.17 bits per heavy atom. The van der Waals surface area contributed by atoms with Gasteiger partial charge in [-0.25, -0.2) is 9.59 Å². The standard InChI is InChI=1S/2C6H10O3.C4H9O.Al/c2*1-3-9-6(8)4-5(2)7;1-3-4(2)5;/h2*4,7H,3H2,1-2H3;4H,3H2,1-2H3;/q;;-1;+3/p-2. The molecule has 136 valence electrons. The third-order valence-corrected chi connectivity index (χ3v) is 1.79. The van der Waals surface area contributed by atoms with Crippen molar-refractivity contribution in [3.8, 4) is 0 Å². The van der Waals surface area contributed by atoms with Crippen molar-refractivity contribution in [1.29, 1.82) is 0 Å². The van der Waals surface area contributed by atoms with Gasteiger partial charge in [-0.15, -0.1) is 17.6 Å². The topological polar surface area (TPSA) is 122 Å². The number of hydrogen-bond donors (Lipinski definition) is 0. The van der Waals surface area contributed by atoms with Gasteiger partial charge in [0.2, 0.25) is 0 Å². The van der Waals surface area contributed by atoms with E-state index in [-0.39, 0.29) is 35.0 Å². The molecule has 24 heavy (non-hydrogen) atoms. The molecule has 0 rings (SSSR count).